The number of rotatable bonds is 10. The maximum absolute atomic E-state index is 12.2. The molecule has 0 spiro atoms. The summed E-state index contributed by atoms with van der Waals surface area (Å²) in [6.45, 7) is 2.12. The van der Waals surface area contributed by atoms with Crippen LogP contribution in [0.4, 0.5) is 0 Å². The summed E-state index contributed by atoms with van der Waals surface area (Å²) in [5.74, 6) is 0.366. The Kier molecular flexibility index (Phi) is 8.69. The molecule has 0 heterocycles. The zero-order chi connectivity index (χ0) is 22.8. The Morgan fingerprint density at radius 1 is 0.844 bits per heavy atom. The highest BCUT2D eigenvalue weighted by Gasteiger charge is 2.12. The molecule has 0 saturated heterocycles. The second kappa shape index (κ2) is 11.9. The molecule has 3 aromatic carbocycles. The van der Waals surface area contributed by atoms with Crippen LogP contribution in [0.5, 0.6) is 17.2 Å². The molecule has 0 amide bonds. The van der Waals surface area contributed by atoms with Gasteiger partial charge in [0.05, 0.1) is 10.0 Å². The number of ether oxygens (including phenoxy) is 4. The van der Waals surface area contributed by atoms with Crippen molar-refractivity contribution >= 4 is 27.9 Å². The fourth-order valence-corrected chi connectivity index (χ4v) is 3.30. The summed E-state index contributed by atoms with van der Waals surface area (Å²) in [4.78, 5) is 24.4. The molecule has 166 valence electrons. The van der Waals surface area contributed by atoms with Gasteiger partial charge < -0.3 is 18.9 Å². The monoisotopic (exact) mass is 498 g/mol. The van der Waals surface area contributed by atoms with E-state index in [1.807, 2.05) is 42.5 Å². The van der Waals surface area contributed by atoms with Crippen molar-refractivity contribution in [2.24, 2.45) is 0 Å². The van der Waals surface area contributed by atoms with E-state index >= 15 is 0 Å². The van der Waals surface area contributed by atoms with Crippen LogP contribution in [0.15, 0.2) is 77.3 Å². The summed E-state index contributed by atoms with van der Waals surface area (Å²) in [6.07, 6.45) is 0.903. The van der Waals surface area contributed by atoms with Gasteiger partial charge >= 0.3 is 11.9 Å². The second-order valence-electron chi connectivity index (χ2n) is 6.71. The van der Waals surface area contributed by atoms with Crippen molar-refractivity contribution in [3.05, 3.63) is 88.4 Å². The van der Waals surface area contributed by atoms with Crippen LogP contribution in [-0.4, -0.2) is 31.8 Å². The van der Waals surface area contributed by atoms with Gasteiger partial charge in [-0.25, -0.2) is 9.59 Å². The molecule has 0 saturated carbocycles. The molecule has 0 aliphatic carbocycles. The van der Waals surface area contributed by atoms with Crippen molar-refractivity contribution in [1.82, 2.24) is 0 Å². The molecule has 0 atom stereocenters. The van der Waals surface area contributed by atoms with Crippen LogP contribution in [0.25, 0.3) is 0 Å². The Hall–Kier alpha value is -3.32. The summed E-state index contributed by atoms with van der Waals surface area (Å²) in [5.41, 5.74) is 1.43. The van der Waals surface area contributed by atoms with E-state index in [1.165, 1.54) is 6.07 Å². The maximum Gasteiger partial charge on any atom is 0.349 e. The van der Waals surface area contributed by atoms with Crippen LogP contribution in [-0.2, 0) is 16.0 Å². The molecular formula is C25H23BrO6. The summed E-state index contributed by atoms with van der Waals surface area (Å²) in [7, 11) is 0. The van der Waals surface area contributed by atoms with Gasteiger partial charge in [0.15, 0.2) is 6.61 Å². The molecule has 32 heavy (non-hydrogen) atoms. The van der Waals surface area contributed by atoms with Crippen molar-refractivity contribution < 1.29 is 28.5 Å². The molecule has 7 heteroatoms. The predicted octanol–water partition coefficient (Wildman–Crippen LogP) is 5.23. The van der Waals surface area contributed by atoms with E-state index < -0.39 is 11.9 Å². The number of hydrogen-bond acceptors (Lipinski definition) is 6. The first-order valence-electron chi connectivity index (χ1n) is 10.1. The predicted molar refractivity (Wildman–Crippen MR) is 123 cm³/mol. The van der Waals surface area contributed by atoms with Gasteiger partial charge in [0.25, 0.3) is 0 Å². The van der Waals surface area contributed by atoms with Gasteiger partial charge in [0, 0.05) is 0 Å². The molecule has 0 unspecified atom stereocenters. The molecule has 0 aliphatic heterocycles. The van der Waals surface area contributed by atoms with E-state index in [9.17, 15) is 9.59 Å². The van der Waals surface area contributed by atoms with Gasteiger partial charge in [-0.15, -0.1) is 0 Å². The Bertz CT molecular complexity index is 1050. The number of benzene rings is 3. The zero-order valence-electron chi connectivity index (χ0n) is 17.6. The lowest BCUT2D eigenvalue weighted by Gasteiger charge is -2.10. The van der Waals surface area contributed by atoms with E-state index in [0.29, 0.717) is 11.5 Å². The summed E-state index contributed by atoms with van der Waals surface area (Å²) in [6, 6.07) is 21.2. The topological polar surface area (TPSA) is 71.1 Å². The molecule has 0 N–H and O–H groups in total. The van der Waals surface area contributed by atoms with Crippen LogP contribution in [0.1, 0.15) is 22.8 Å². The Morgan fingerprint density at radius 3 is 2.38 bits per heavy atom. The Morgan fingerprint density at radius 2 is 1.62 bits per heavy atom. The standard InChI is InChI=1S/C25H23BrO6/c1-2-18-11-12-23(22(26)15-18)31-17-24(27)32-21-10-6-7-19(16-21)25(28)30-14-13-29-20-8-4-3-5-9-20/h3-12,15-16H,2,13-14,17H2,1H3. The zero-order valence-corrected chi connectivity index (χ0v) is 19.2. The minimum atomic E-state index is -0.585. The lowest BCUT2D eigenvalue weighted by molar-refractivity contribution is -0.136. The molecular weight excluding hydrogens is 476 g/mol. The highest BCUT2D eigenvalue weighted by Crippen LogP contribution is 2.26. The van der Waals surface area contributed by atoms with Gasteiger partial charge in [-0.1, -0.05) is 37.3 Å². The highest BCUT2D eigenvalue weighted by molar-refractivity contribution is 9.10. The molecule has 0 aromatic heterocycles. The lowest BCUT2D eigenvalue weighted by atomic mass is 10.2. The van der Waals surface area contributed by atoms with Crippen LogP contribution in [0.2, 0.25) is 0 Å². The van der Waals surface area contributed by atoms with Crippen LogP contribution in [0, 0.1) is 0 Å². The SMILES string of the molecule is CCc1ccc(OCC(=O)Oc2cccc(C(=O)OCCOc3ccccc3)c2)c(Br)c1. The number of carbonyl (C=O) groups is 2. The third-order valence-electron chi connectivity index (χ3n) is 4.38. The van der Waals surface area contributed by atoms with E-state index in [2.05, 4.69) is 22.9 Å². The van der Waals surface area contributed by atoms with Gasteiger partial charge in [0.1, 0.15) is 30.5 Å². The molecule has 0 fully saturated rings. The molecule has 0 aliphatic rings. The van der Waals surface area contributed by atoms with Gasteiger partial charge in [-0.2, -0.15) is 0 Å². The van der Waals surface area contributed by atoms with Crippen LogP contribution < -0.4 is 14.2 Å². The third kappa shape index (κ3) is 7.13. The molecule has 6 nitrogen and oxygen atoms in total. The Labute approximate surface area is 195 Å². The quantitative estimate of drug-likeness (QED) is 0.216. The summed E-state index contributed by atoms with van der Waals surface area (Å²) in [5, 5.41) is 0. The van der Waals surface area contributed by atoms with Crippen molar-refractivity contribution in [2.45, 2.75) is 13.3 Å². The van der Waals surface area contributed by atoms with Gasteiger partial charge in [-0.3, -0.25) is 0 Å². The smallest absolute Gasteiger partial charge is 0.349 e. The second-order valence-corrected chi connectivity index (χ2v) is 7.56. The number of carbonyl (C=O) groups excluding carboxylic acids is 2. The third-order valence-corrected chi connectivity index (χ3v) is 5.00. The van der Waals surface area contributed by atoms with Crippen molar-refractivity contribution in [2.75, 3.05) is 19.8 Å². The summed E-state index contributed by atoms with van der Waals surface area (Å²) < 4.78 is 22.3. The number of hydrogen-bond donors (Lipinski definition) is 0. The first-order chi connectivity index (χ1) is 15.5. The first-order valence-corrected chi connectivity index (χ1v) is 10.9. The van der Waals surface area contributed by atoms with Crippen molar-refractivity contribution in [1.29, 1.82) is 0 Å². The van der Waals surface area contributed by atoms with E-state index in [-0.39, 0.29) is 31.1 Å². The number of halogens is 1. The number of para-hydroxylation sites is 1. The van der Waals surface area contributed by atoms with E-state index in [1.54, 1.807) is 24.3 Å². The average molecular weight is 499 g/mol. The van der Waals surface area contributed by atoms with Gasteiger partial charge in [0.2, 0.25) is 0 Å². The Balaban J connectivity index is 1.46. The highest BCUT2D eigenvalue weighted by atomic mass is 79.9. The van der Waals surface area contributed by atoms with Crippen molar-refractivity contribution in [3.63, 3.8) is 0 Å². The number of esters is 2. The fourth-order valence-electron chi connectivity index (χ4n) is 2.76. The lowest BCUT2D eigenvalue weighted by Crippen LogP contribution is -2.18. The first kappa shape index (κ1) is 23.3. The minimum absolute atomic E-state index is 0.0945. The summed E-state index contributed by atoms with van der Waals surface area (Å²) >= 11 is 3.43. The molecule has 3 rings (SSSR count). The number of aryl methyl sites for hydroxylation is 1. The largest absolute Gasteiger partial charge is 0.490 e. The van der Waals surface area contributed by atoms with E-state index in [0.717, 1.165) is 16.5 Å². The van der Waals surface area contributed by atoms with E-state index in [4.69, 9.17) is 18.9 Å². The maximum atomic E-state index is 12.2. The van der Waals surface area contributed by atoms with Gasteiger partial charge in [-0.05, 0) is 70.4 Å². The normalized spacial score (nSPS) is 10.3. The van der Waals surface area contributed by atoms with Crippen LogP contribution in [0.3, 0.4) is 0 Å². The van der Waals surface area contributed by atoms with Crippen LogP contribution >= 0.6 is 15.9 Å². The van der Waals surface area contributed by atoms with Crippen molar-refractivity contribution in [3.8, 4) is 17.2 Å². The molecule has 0 radical (unpaired) electrons. The molecule has 0 bridgehead atoms. The molecule has 3 aromatic rings. The fraction of sp³-hybridized carbons (Fsp3) is 0.200. The average Bonchev–Trinajstić information content (AvgIpc) is 2.81. The minimum Gasteiger partial charge on any atom is -0.490 e.